The van der Waals surface area contributed by atoms with Gasteiger partial charge in [-0.25, -0.2) is 9.97 Å². The standard InChI is InChI=1S/C18H16ClF3N4O/c1-26-7-6-23-17(26)15(11-4-3-5-13(8-11)27-2)25-16-14(19)9-12(10-24-16)18(20,21)22/h3-10,15H,1-2H3,(H,24,25)/t15-/m0/s1. The zero-order valence-electron chi connectivity index (χ0n) is 14.5. The number of anilines is 1. The number of nitrogens with zero attached hydrogens (tertiary/aromatic N) is 3. The van der Waals surface area contributed by atoms with Crippen LogP contribution in [0.3, 0.4) is 0 Å². The average molecular weight is 397 g/mol. The van der Waals surface area contributed by atoms with Gasteiger partial charge in [-0.1, -0.05) is 23.7 Å². The lowest BCUT2D eigenvalue weighted by atomic mass is 10.1. The molecule has 0 radical (unpaired) electrons. The third-order valence-electron chi connectivity index (χ3n) is 3.99. The van der Waals surface area contributed by atoms with Gasteiger partial charge in [0.2, 0.25) is 0 Å². The molecule has 9 heteroatoms. The van der Waals surface area contributed by atoms with Crippen molar-refractivity contribution < 1.29 is 17.9 Å². The van der Waals surface area contributed by atoms with E-state index >= 15 is 0 Å². The molecule has 0 fully saturated rings. The molecule has 0 spiro atoms. The summed E-state index contributed by atoms with van der Waals surface area (Å²) in [5, 5.41) is 2.96. The second kappa shape index (κ2) is 7.48. The molecule has 1 aromatic carbocycles. The summed E-state index contributed by atoms with van der Waals surface area (Å²) in [5.41, 5.74) is -0.116. The third-order valence-corrected chi connectivity index (χ3v) is 4.28. The van der Waals surface area contributed by atoms with E-state index in [1.807, 2.05) is 25.2 Å². The van der Waals surface area contributed by atoms with E-state index < -0.39 is 17.8 Å². The Kier molecular flexibility index (Phi) is 5.27. The maximum Gasteiger partial charge on any atom is 0.417 e. The van der Waals surface area contributed by atoms with Crippen LogP contribution in [-0.4, -0.2) is 21.6 Å². The molecule has 0 aliphatic heterocycles. The number of aryl methyl sites for hydroxylation is 1. The fourth-order valence-electron chi connectivity index (χ4n) is 2.61. The Morgan fingerprint density at radius 2 is 2.00 bits per heavy atom. The zero-order valence-corrected chi connectivity index (χ0v) is 15.2. The van der Waals surface area contributed by atoms with Crippen LogP contribution in [0.15, 0.2) is 48.9 Å². The topological polar surface area (TPSA) is 52.0 Å². The SMILES string of the molecule is COc1cccc([C@H](Nc2ncc(C(F)(F)F)cc2Cl)c2nccn2C)c1. The van der Waals surface area contributed by atoms with Crippen molar-refractivity contribution in [2.75, 3.05) is 12.4 Å². The maximum atomic E-state index is 12.8. The van der Waals surface area contributed by atoms with Crippen LogP contribution in [0.5, 0.6) is 5.75 Å². The van der Waals surface area contributed by atoms with Crippen molar-refractivity contribution in [2.24, 2.45) is 7.05 Å². The number of rotatable bonds is 5. The van der Waals surface area contributed by atoms with Crippen LogP contribution in [0.25, 0.3) is 0 Å². The molecule has 1 atom stereocenters. The number of hydrogen-bond donors (Lipinski definition) is 1. The minimum Gasteiger partial charge on any atom is -0.497 e. The van der Waals surface area contributed by atoms with E-state index in [9.17, 15) is 13.2 Å². The number of methoxy groups -OCH3 is 1. The van der Waals surface area contributed by atoms with Crippen LogP contribution in [0.4, 0.5) is 19.0 Å². The number of pyridine rings is 1. The van der Waals surface area contributed by atoms with Crippen molar-refractivity contribution in [2.45, 2.75) is 12.2 Å². The molecular weight excluding hydrogens is 381 g/mol. The second-order valence-electron chi connectivity index (χ2n) is 5.80. The van der Waals surface area contributed by atoms with Gasteiger partial charge in [0.1, 0.15) is 23.4 Å². The van der Waals surface area contributed by atoms with Crippen LogP contribution >= 0.6 is 11.6 Å². The van der Waals surface area contributed by atoms with Gasteiger partial charge in [0, 0.05) is 25.6 Å². The summed E-state index contributed by atoms with van der Waals surface area (Å²) in [6, 6.07) is 7.62. The van der Waals surface area contributed by atoms with Crippen LogP contribution in [-0.2, 0) is 13.2 Å². The smallest absolute Gasteiger partial charge is 0.417 e. The highest BCUT2D eigenvalue weighted by molar-refractivity contribution is 6.33. The molecule has 0 unspecified atom stereocenters. The quantitative estimate of drug-likeness (QED) is 0.679. The zero-order chi connectivity index (χ0) is 19.6. The van der Waals surface area contributed by atoms with Crippen LogP contribution in [0, 0.1) is 0 Å². The number of imidazole rings is 1. The Labute approximate surface area is 158 Å². The predicted molar refractivity (Wildman–Crippen MR) is 95.9 cm³/mol. The molecule has 3 aromatic rings. The second-order valence-corrected chi connectivity index (χ2v) is 6.21. The Hall–Kier alpha value is -2.74. The van der Waals surface area contributed by atoms with Crippen molar-refractivity contribution in [1.82, 2.24) is 14.5 Å². The summed E-state index contributed by atoms with van der Waals surface area (Å²) in [7, 11) is 3.37. The van der Waals surface area contributed by atoms with Gasteiger partial charge < -0.3 is 14.6 Å². The van der Waals surface area contributed by atoms with E-state index in [-0.39, 0.29) is 10.8 Å². The molecule has 142 valence electrons. The minimum atomic E-state index is -4.51. The Morgan fingerprint density at radius 1 is 1.22 bits per heavy atom. The first kappa shape index (κ1) is 19.0. The van der Waals surface area contributed by atoms with Gasteiger partial charge in [0.25, 0.3) is 0 Å². The van der Waals surface area contributed by atoms with E-state index in [0.29, 0.717) is 11.6 Å². The largest absolute Gasteiger partial charge is 0.497 e. The molecule has 1 N–H and O–H groups in total. The van der Waals surface area contributed by atoms with Crippen LogP contribution in [0.1, 0.15) is 23.0 Å². The summed E-state index contributed by atoms with van der Waals surface area (Å²) < 4.78 is 45.6. The number of benzene rings is 1. The Balaban J connectivity index is 2.01. The number of ether oxygens (including phenoxy) is 1. The molecule has 2 aromatic heterocycles. The molecular formula is C18H16ClF3N4O. The summed E-state index contributed by atoms with van der Waals surface area (Å²) in [4.78, 5) is 8.20. The molecule has 27 heavy (non-hydrogen) atoms. The van der Waals surface area contributed by atoms with Gasteiger partial charge in [-0.2, -0.15) is 13.2 Å². The molecule has 0 saturated heterocycles. The van der Waals surface area contributed by atoms with Crippen molar-refractivity contribution >= 4 is 17.4 Å². The molecule has 0 bridgehead atoms. The highest BCUT2D eigenvalue weighted by Gasteiger charge is 2.32. The third kappa shape index (κ3) is 4.16. The van der Waals surface area contributed by atoms with Crippen molar-refractivity contribution in [1.29, 1.82) is 0 Å². The van der Waals surface area contributed by atoms with Gasteiger partial charge in [0.15, 0.2) is 0 Å². The molecule has 0 aliphatic carbocycles. The Morgan fingerprint density at radius 3 is 2.59 bits per heavy atom. The lowest BCUT2D eigenvalue weighted by Gasteiger charge is -2.21. The van der Waals surface area contributed by atoms with E-state index in [0.717, 1.165) is 17.8 Å². The number of hydrogen-bond acceptors (Lipinski definition) is 4. The van der Waals surface area contributed by atoms with Crippen molar-refractivity contribution in [3.05, 3.63) is 70.9 Å². The highest BCUT2D eigenvalue weighted by atomic mass is 35.5. The summed E-state index contributed by atoms with van der Waals surface area (Å²) in [5.74, 6) is 1.40. The van der Waals surface area contributed by atoms with Crippen LogP contribution in [0.2, 0.25) is 5.02 Å². The van der Waals surface area contributed by atoms with Crippen molar-refractivity contribution in [3.8, 4) is 5.75 Å². The number of halogens is 4. The summed E-state index contributed by atoms with van der Waals surface area (Å²) >= 11 is 6.05. The van der Waals surface area contributed by atoms with Gasteiger partial charge in [-0.15, -0.1) is 0 Å². The number of aromatic nitrogens is 3. The number of alkyl halides is 3. The summed E-state index contributed by atoms with van der Waals surface area (Å²) in [6.07, 6.45) is -0.367. The fraction of sp³-hybridized carbons (Fsp3) is 0.222. The van der Waals surface area contributed by atoms with E-state index in [4.69, 9.17) is 16.3 Å². The first-order valence-electron chi connectivity index (χ1n) is 7.90. The van der Waals surface area contributed by atoms with Gasteiger partial charge >= 0.3 is 6.18 Å². The average Bonchev–Trinajstić information content (AvgIpc) is 3.05. The molecule has 0 amide bonds. The van der Waals surface area contributed by atoms with Gasteiger partial charge in [-0.3, -0.25) is 0 Å². The molecule has 3 rings (SSSR count). The molecule has 5 nitrogen and oxygen atoms in total. The lowest BCUT2D eigenvalue weighted by molar-refractivity contribution is -0.137. The first-order chi connectivity index (χ1) is 12.8. The van der Waals surface area contributed by atoms with E-state index in [1.165, 1.54) is 0 Å². The Bertz CT molecular complexity index is 942. The molecule has 0 saturated carbocycles. The van der Waals surface area contributed by atoms with E-state index in [1.54, 1.807) is 30.1 Å². The number of nitrogens with one attached hydrogen (secondary N) is 1. The van der Waals surface area contributed by atoms with Crippen LogP contribution < -0.4 is 10.1 Å². The highest BCUT2D eigenvalue weighted by Crippen LogP contribution is 2.34. The maximum absolute atomic E-state index is 12.8. The van der Waals surface area contributed by atoms with Gasteiger partial charge in [-0.05, 0) is 23.8 Å². The molecule has 0 aliphatic rings. The van der Waals surface area contributed by atoms with Crippen molar-refractivity contribution in [3.63, 3.8) is 0 Å². The summed E-state index contributed by atoms with van der Waals surface area (Å²) in [6.45, 7) is 0. The normalized spacial score (nSPS) is 12.7. The van der Waals surface area contributed by atoms with Gasteiger partial charge in [0.05, 0.1) is 17.7 Å². The lowest BCUT2D eigenvalue weighted by Crippen LogP contribution is -2.18. The monoisotopic (exact) mass is 396 g/mol. The predicted octanol–water partition coefficient (Wildman–Crippen LogP) is 4.70. The fourth-order valence-corrected chi connectivity index (χ4v) is 2.83. The minimum absolute atomic E-state index is 0.125. The molecule has 2 heterocycles. The van der Waals surface area contributed by atoms with E-state index in [2.05, 4.69) is 15.3 Å². The first-order valence-corrected chi connectivity index (χ1v) is 8.28.